The number of aliphatic hydroxyl groups excluding tert-OH is 1. The molecule has 3 rings (SSSR count). The van der Waals surface area contributed by atoms with Crippen LogP contribution in [0.2, 0.25) is 0 Å². The largest absolute Gasteiger partial charge is 0.511 e. The van der Waals surface area contributed by atoms with E-state index in [1.54, 1.807) is 12.1 Å². The smallest absolute Gasteiger partial charge is 0.481 e. The molecular weight excluding hydrogens is 432 g/mol. The van der Waals surface area contributed by atoms with Crippen molar-refractivity contribution in [1.29, 1.82) is 0 Å². The lowest BCUT2D eigenvalue weighted by Gasteiger charge is -2.05. The maximum absolute atomic E-state index is 13.5. The molecule has 0 saturated heterocycles. The third-order valence-electron chi connectivity index (χ3n) is 4.84. The highest BCUT2D eigenvalue weighted by Gasteiger charge is 2.25. The number of hydrogen-bond donors (Lipinski definition) is 2. The van der Waals surface area contributed by atoms with Gasteiger partial charge in [0.25, 0.3) is 0 Å². The summed E-state index contributed by atoms with van der Waals surface area (Å²) >= 11 is 0. The number of fused-ring (bicyclic) bond motifs is 1. The van der Waals surface area contributed by atoms with Gasteiger partial charge in [-0.05, 0) is 58.0 Å². The van der Waals surface area contributed by atoms with Crippen LogP contribution in [0.25, 0.3) is 16.8 Å². The van der Waals surface area contributed by atoms with E-state index in [1.165, 1.54) is 12.1 Å². The van der Waals surface area contributed by atoms with Crippen molar-refractivity contribution in [3.63, 3.8) is 0 Å². The molecule has 0 fully saturated rings. The number of carboxylic acids is 1. The van der Waals surface area contributed by atoms with Crippen molar-refractivity contribution >= 4 is 19.5 Å². The number of rotatable bonds is 8. The number of aromatic nitrogens is 1. The molecular formula is C24H24FNO5P+. The first-order valence-corrected chi connectivity index (χ1v) is 11.5. The zero-order chi connectivity index (χ0) is 23.3. The highest BCUT2D eigenvalue weighted by Crippen LogP contribution is 2.35. The minimum atomic E-state index is -2.24. The van der Waals surface area contributed by atoms with E-state index in [-0.39, 0.29) is 24.5 Å². The van der Waals surface area contributed by atoms with E-state index in [1.807, 2.05) is 28.8 Å². The molecule has 0 saturated carbocycles. The molecule has 0 aliphatic carbocycles. The van der Waals surface area contributed by atoms with Crippen LogP contribution < -0.4 is 0 Å². The molecule has 0 spiro atoms. The lowest BCUT2D eigenvalue weighted by Crippen LogP contribution is -2.15. The predicted molar refractivity (Wildman–Crippen MR) is 120 cm³/mol. The van der Waals surface area contributed by atoms with Crippen LogP contribution in [-0.4, -0.2) is 39.5 Å². The predicted octanol–water partition coefficient (Wildman–Crippen LogP) is 4.81. The fraction of sp³-hybridized carbons (Fsp3) is 0.292. The Morgan fingerprint density at radius 2 is 1.94 bits per heavy atom. The van der Waals surface area contributed by atoms with Crippen LogP contribution in [0.1, 0.15) is 37.3 Å². The van der Waals surface area contributed by atoms with Crippen molar-refractivity contribution in [3.05, 3.63) is 65.6 Å². The molecule has 2 unspecified atom stereocenters. The van der Waals surface area contributed by atoms with Gasteiger partial charge in [0.05, 0.1) is 23.2 Å². The van der Waals surface area contributed by atoms with Crippen LogP contribution in [0.15, 0.2) is 48.7 Å². The maximum Gasteiger partial charge on any atom is 0.511 e. The summed E-state index contributed by atoms with van der Waals surface area (Å²) in [5.74, 6) is 4.68. The van der Waals surface area contributed by atoms with Crippen LogP contribution >= 0.6 is 8.03 Å². The Bertz CT molecular complexity index is 1190. The van der Waals surface area contributed by atoms with E-state index in [0.29, 0.717) is 0 Å². The molecule has 0 amide bonds. The van der Waals surface area contributed by atoms with Gasteiger partial charge in [0, 0.05) is 6.20 Å². The fourth-order valence-corrected chi connectivity index (χ4v) is 4.34. The summed E-state index contributed by atoms with van der Waals surface area (Å²) in [6.45, 7) is 4.00. The Labute approximate surface area is 186 Å². The third kappa shape index (κ3) is 5.60. The quantitative estimate of drug-likeness (QED) is 0.375. The van der Waals surface area contributed by atoms with Crippen molar-refractivity contribution in [2.45, 2.75) is 32.3 Å². The Hall–Kier alpha value is -3.04. The Morgan fingerprint density at radius 3 is 2.59 bits per heavy atom. The van der Waals surface area contributed by atoms with Crippen LogP contribution in [0.4, 0.5) is 4.39 Å². The van der Waals surface area contributed by atoms with Crippen LogP contribution in [0, 0.1) is 17.7 Å². The van der Waals surface area contributed by atoms with Crippen molar-refractivity contribution in [1.82, 2.24) is 4.40 Å². The van der Waals surface area contributed by atoms with Gasteiger partial charge in [0.1, 0.15) is 11.9 Å². The molecule has 166 valence electrons. The molecule has 6 nitrogen and oxygen atoms in total. The molecule has 2 atom stereocenters. The number of halogens is 1. The van der Waals surface area contributed by atoms with Gasteiger partial charge in [0.2, 0.25) is 6.16 Å². The maximum atomic E-state index is 13.5. The summed E-state index contributed by atoms with van der Waals surface area (Å²) in [7, 11) is -2.24. The van der Waals surface area contributed by atoms with Gasteiger partial charge in [-0.2, -0.15) is 0 Å². The highest BCUT2D eigenvalue weighted by molar-refractivity contribution is 7.39. The Balaban J connectivity index is 1.92. The number of carbonyl (C=O) groups is 1. The number of carboxylic acid groups (broad SMARTS) is 1. The molecule has 0 radical (unpaired) electrons. The second kappa shape index (κ2) is 10.5. The Morgan fingerprint density at radius 1 is 1.22 bits per heavy atom. The van der Waals surface area contributed by atoms with Crippen LogP contribution in [0.5, 0.6) is 0 Å². The number of hydrogen-bond acceptors (Lipinski definition) is 4. The normalized spacial score (nSPS) is 12.5. The fourth-order valence-electron chi connectivity index (χ4n) is 3.56. The van der Waals surface area contributed by atoms with Gasteiger partial charge < -0.3 is 14.6 Å². The number of aliphatic carboxylic acids is 1. The van der Waals surface area contributed by atoms with E-state index in [2.05, 4.69) is 25.7 Å². The number of nitrogens with zero attached hydrogens (tertiary/aromatic N) is 1. The summed E-state index contributed by atoms with van der Waals surface area (Å²) in [5.41, 5.74) is 4.46. The van der Waals surface area contributed by atoms with Crippen LogP contribution in [-0.2, 0) is 13.9 Å². The minimum Gasteiger partial charge on any atom is -0.481 e. The average molecular weight is 456 g/mol. The zero-order valence-corrected chi connectivity index (χ0v) is 18.7. The van der Waals surface area contributed by atoms with Crippen LogP contribution in [0.3, 0.4) is 0 Å². The molecule has 0 aliphatic heterocycles. The molecule has 0 aliphatic rings. The molecule has 8 heteroatoms. The summed E-state index contributed by atoms with van der Waals surface area (Å²) in [6.07, 6.45) is -0.0649. The van der Waals surface area contributed by atoms with E-state index < -0.39 is 26.5 Å². The first kappa shape index (κ1) is 23.6. The second-order valence-electron chi connectivity index (χ2n) is 7.60. The van der Waals surface area contributed by atoms with E-state index in [9.17, 15) is 18.9 Å². The number of pyridine rings is 1. The molecule has 2 N–H and O–H groups in total. The molecule has 2 aromatic heterocycles. The molecule has 1 aromatic carbocycles. The standard InChI is InChI=1S/C24H23FNO5P/c1-16(2)23-20(6-5-13-31-32(30)15-19(27)14-22(28)29)24(17-8-10-18(25)11-9-17)26-12-4-3-7-21(23)26/h3-4,7-12,16,19,27H,13-15H2,1-2H3/p+1. The summed E-state index contributed by atoms with van der Waals surface area (Å²) in [6, 6.07) is 12.1. The highest BCUT2D eigenvalue weighted by atomic mass is 31.1. The lowest BCUT2D eigenvalue weighted by molar-refractivity contribution is -0.138. The Kier molecular flexibility index (Phi) is 7.76. The first-order valence-electron chi connectivity index (χ1n) is 10.1. The molecule has 2 heterocycles. The average Bonchev–Trinajstić information content (AvgIpc) is 3.05. The van der Waals surface area contributed by atoms with Gasteiger partial charge >= 0.3 is 14.0 Å². The van der Waals surface area contributed by atoms with Crippen molar-refractivity contribution in [2.75, 3.05) is 12.8 Å². The number of benzene rings is 1. The lowest BCUT2D eigenvalue weighted by atomic mass is 9.97. The van der Waals surface area contributed by atoms with E-state index >= 15 is 0 Å². The molecule has 0 bridgehead atoms. The number of aliphatic hydroxyl groups is 1. The minimum absolute atomic E-state index is 0.137. The van der Waals surface area contributed by atoms with Crippen molar-refractivity contribution < 1.29 is 28.5 Å². The van der Waals surface area contributed by atoms with Gasteiger partial charge in [-0.25, -0.2) is 4.39 Å². The topological polar surface area (TPSA) is 88.2 Å². The van der Waals surface area contributed by atoms with Crippen molar-refractivity contribution in [3.8, 4) is 23.1 Å². The first-order chi connectivity index (χ1) is 15.3. The monoisotopic (exact) mass is 456 g/mol. The second-order valence-corrected chi connectivity index (χ2v) is 8.89. The van der Waals surface area contributed by atoms with Gasteiger partial charge in [-0.15, -0.1) is 4.52 Å². The van der Waals surface area contributed by atoms with E-state index in [0.717, 1.165) is 27.9 Å². The molecule has 3 aromatic rings. The van der Waals surface area contributed by atoms with Gasteiger partial charge in [-0.1, -0.05) is 31.8 Å². The van der Waals surface area contributed by atoms with Gasteiger partial charge in [0.15, 0.2) is 6.61 Å². The van der Waals surface area contributed by atoms with Crippen molar-refractivity contribution in [2.24, 2.45) is 0 Å². The molecule has 32 heavy (non-hydrogen) atoms. The zero-order valence-electron chi connectivity index (χ0n) is 17.8. The third-order valence-corrected chi connectivity index (χ3v) is 5.98. The summed E-state index contributed by atoms with van der Waals surface area (Å²) in [5, 5.41) is 18.2. The van der Waals surface area contributed by atoms with Gasteiger partial charge in [-0.3, -0.25) is 4.79 Å². The summed E-state index contributed by atoms with van der Waals surface area (Å²) < 4.78 is 32.7. The SMILES string of the molecule is CC(C)c1c(C#CCO[P+](=O)CC(O)CC(=O)O)c(-c2ccc(F)cc2)n2ccccc12. The summed E-state index contributed by atoms with van der Waals surface area (Å²) in [4.78, 5) is 10.6. The van der Waals surface area contributed by atoms with E-state index in [4.69, 9.17) is 9.63 Å².